The number of aliphatic imine (C=N–C) groups is 1. The van der Waals surface area contributed by atoms with Gasteiger partial charge < -0.3 is 14.8 Å². The number of carbonyl (C=O) groups excluding carboxylic acids is 2. The van der Waals surface area contributed by atoms with E-state index in [1.807, 2.05) is 0 Å². The van der Waals surface area contributed by atoms with Crippen molar-refractivity contribution in [2.45, 2.75) is 6.42 Å². The van der Waals surface area contributed by atoms with Crippen LogP contribution in [0.1, 0.15) is 6.42 Å². The van der Waals surface area contributed by atoms with Gasteiger partial charge in [0.15, 0.2) is 0 Å². The Balaban J connectivity index is 2.90. The molecule has 0 saturated carbocycles. The van der Waals surface area contributed by atoms with E-state index in [4.69, 9.17) is 4.74 Å². The summed E-state index contributed by atoms with van der Waals surface area (Å²) in [5.74, 6) is -0.0695. The van der Waals surface area contributed by atoms with Gasteiger partial charge in [0.05, 0.1) is 5.69 Å². The molecule has 20 heavy (non-hydrogen) atoms. The van der Waals surface area contributed by atoms with Gasteiger partial charge in [-0.25, -0.2) is 4.39 Å². The first-order valence-corrected chi connectivity index (χ1v) is 5.65. The lowest BCUT2D eigenvalue weighted by atomic mass is 10.3. The van der Waals surface area contributed by atoms with E-state index in [1.165, 1.54) is 30.5 Å². The zero-order valence-electron chi connectivity index (χ0n) is 10.6. The van der Waals surface area contributed by atoms with Crippen LogP contribution in [-0.2, 0) is 9.59 Å². The molecule has 6 heteroatoms. The van der Waals surface area contributed by atoms with Gasteiger partial charge >= 0.3 is 0 Å². The van der Waals surface area contributed by atoms with Crippen molar-refractivity contribution < 1.29 is 18.7 Å². The lowest BCUT2D eigenvalue weighted by Gasteiger charge is -2.08. The van der Waals surface area contributed by atoms with Gasteiger partial charge in [0.25, 0.3) is 0 Å². The van der Waals surface area contributed by atoms with Crippen molar-refractivity contribution in [1.29, 1.82) is 0 Å². The van der Waals surface area contributed by atoms with Crippen molar-refractivity contribution in [2.75, 3.05) is 5.32 Å². The summed E-state index contributed by atoms with van der Waals surface area (Å²) in [4.78, 5) is 24.1. The molecule has 1 aromatic rings. The summed E-state index contributed by atoms with van der Waals surface area (Å²) >= 11 is 0. The maximum absolute atomic E-state index is 13.6. The predicted octanol–water partition coefficient (Wildman–Crippen LogP) is 2.46. The molecule has 0 aromatic heterocycles. The highest BCUT2D eigenvalue weighted by Crippen LogP contribution is 2.22. The van der Waals surface area contributed by atoms with Crippen LogP contribution in [-0.4, -0.2) is 19.4 Å². The fourth-order valence-corrected chi connectivity index (χ4v) is 1.31. The zero-order chi connectivity index (χ0) is 14.8. The van der Waals surface area contributed by atoms with Gasteiger partial charge in [0, 0.05) is 18.7 Å². The highest BCUT2D eigenvalue weighted by atomic mass is 19.1. The molecule has 1 N–H and O–H groups in total. The van der Waals surface area contributed by atoms with Gasteiger partial charge in [-0.15, -0.1) is 0 Å². The van der Waals surface area contributed by atoms with Crippen molar-refractivity contribution in [3.63, 3.8) is 0 Å². The normalized spacial score (nSPS) is 11.2. The first-order valence-electron chi connectivity index (χ1n) is 5.65. The summed E-state index contributed by atoms with van der Waals surface area (Å²) in [5, 5.41) is 2.22. The first kappa shape index (κ1) is 15.3. The molecule has 0 radical (unpaired) electrons. The number of anilines is 1. The fourth-order valence-electron chi connectivity index (χ4n) is 1.31. The van der Waals surface area contributed by atoms with Crippen LogP contribution in [0, 0.1) is 5.82 Å². The summed E-state index contributed by atoms with van der Waals surface area (Å²) in [6.07, 6.45) is 5.64. The molecule has 104 valence electrons. The summed E-state index contributed by atoms with van der Waals surface area (Å²) < 4.78 is 19.0. The SMILES string of the molecule is C=N/C=C\C(=C/CC=O)Oc1ccc(NC=O)c(F)c1. The summed E-state index contributed by atoms with van der Waals surface area (Å²) in [7, 11) is 0. The summed E-state index contributed by atoms with van der Waals surface area (Å²) in [5.41, 5.74) is 0.0501. The molecule has 1 rings (SSSR count). The van der Waals surface area contributed by atoms with Crippen LogP contribution in [0.4, 0.5) is 10.1 Å². The Hall–Kier alpha value is -2.76. The van der Waals surface area contributed by atoms with Crippen molar-refractivity contribution >= 4 is 25.1 Å². The first-order chi connectivity index (χ1) is 9.71. The average molecular weight is 276 g/mol. The van der Waals surface area contributed by atoms with E-state index < -0.39 is 5.82 Å². The minimum absolute atomic E-state index is 0.0501. The molecule has 5 nitrogen and oxygen atoms in total. The molecular weight excluding hydrogens is 263 g/mol. The molecule has 1 amide bonds. The second kappa shape index (κ2) is 8.36. The number of halogens is 1. The number of rotatable bonds is 8. The van der Waals surface area contributed by atoms with Gasteiger partial charge in [-0.1, -0.05) is 0 Å². The van der Waals surface area contributed by atoms with E-state index in [0.29, 0.717) is 18.5 Å². The smallest absolute Gasteiger partial charge is 0.211 e. The van der Waals surface area contributed by atoms with E-state index in [-0.39, 0.29) is 17.9 Å². The number of aldehydes is 1. The van der Waals surface area contributed by atoms with Crippen LogP contribution in [0.25, 0.3) is 0 Å². The molecule has 0 aliphatic carbocycles. The molecule has 0 bridgehead atoms. The van der Waals surface area contributed by atoms with E-state index in [2.05, 4.69) is 17.0 Å². The van der Waals surface area contributed by atoms with E-state index in [1.54, 1.807) is 0 Å². The monoisotopic (exact) mass is 276 g/mol. The fraction of sp³-hybridized carbons (Fsp3) is 0.0714. The second-order valence-corrected chi connectivity index (χ2v) is 3.51. The standard InChI is InChI=1S/C14H13FN2O3/c1-16-7-6-11(3-2-8-18)20-12-4-5-14(17-10-19)13(15)9-12/h3-10H,1-2H2,(H,17,19)/b7-6-,11-3+. The minimum Gasteiger partial charge on any atom is -0.458 e. The summed E-state index contributed by atoms with van der Waals surface area (Å²) in [6.45, 7) is 3.28. The van der Waals surface area contributed by atoms with Crippen molar-refractivity contribution in [3.05, 3.63) is 48.1 Å². The molecule has 0 atom stereocenters. The second-order valence-electron chi connectivity index (χ2n) is 3.51. The molecule has 0 saturated heterocycles. The van der Waals surface area contributed by atoms with E-state index in [9.17, 15) is 14.0 Å². The van der Waals surface area contributed by atoms with Crippen LogP contribution >= 0.6 is 0 Å². The third-order valence-electron chi connectivity index (χ3n) is 2.15. The van der Waals surface area contributed by atoms with Gasteiger partial charge in [-0.05, 0) is 31.0 Å². The predicted molar refractivity (Wildman–Crippen MR) is 74.2 cm³/mol. The third kappa shape index (κ3) is 4.85. The van der Waals surface area contributed by atoms with Crippen LogP contribution in [0.5, 0.6) is 5.75 Å². The lowest BCUT2D eigenvalue weighted by molar-refractivity contribution is -0.107. The van der Waals surface area contributed by atoms with Crippen molar-refractivity contribution in [1.82, 2.24) is 0 Å². The topological polar surface area (TPSA) is 67.8 Å². The average Bonchev–Trinajstić information content (AvgIpc) is 2.45. The third-order valence-corrected chi connectivity index (χ3v) is 2.15. The maximum Gasteiger partial charge on any atom is 0.211 e. The van der Waals surface area contributed by atoms with Gasteiger partial charge in [-0.3, -0.25) is 9.79 Å². The van der Waals surface area contributed by atoms with Gasteiger partial charge in [0.2, 0.25) is 6.41 Å². The Labute approximate surface area is 115 Å². The highest BCUT2D eigenvalue weighted by Gasteiger charge is 2.04. The number of amides is 1. The zero-order valence-corrected chi connectivity index (χ0v) is 10.6. The minimum atomic E-state index is -0.629. The Bertz CT molecular complexity index is 553. The largest absolute Gasteiger partial charge is 0.458 e. The Morgan fingerprint density at radius 1 is 1.45 bits per heavy atom. The molecule has 0 aliphatic heterocycles. The number of hydrogen-bond donors (Lipinski definition) is 1. The molecule has 0 heterocycles. The number of nitrogens with one attached hydrogen (secondary N) is 1. The van der Waals surface area contributed by atoms with Gasteiger partial charge in [-0.2, -0.15) is 0 Å². The van der Waals surface area contributed by atoms with Crippen molar-refractivity contribution in [3.8, 4) is 5.75 Å². The van der Waals surface area contributed by atoms with Crippen LogP contribution in [0.3, 0.4) is 0 Å². The Morgan fingerprint density at radius 3 is 2.85 bits per heavy atom. The Kier molecular flexibility index (Phi) is 6.40. The molecule has 0 fully saturated rings. The molecular formula is C14H13FN2O3. The molecule has 0 aliphatic rings. The number of nitrogens with zero attached hydrogens (tertiary/aromatic N) is 1. The number of benzene rings is 1. The number of ether oxygens (including phenoxy) is 1. The molecule has 0 unspecified atom stereocenters. The lowest BCUT2D eigenvalue weighted by Crippen LogP contribution is -1.98. The van der Waals surface area contributed by atoms with Crippen LogP contribution < -0.4 is 10.1 Å². The number of carbonyl (C=O) groups is 2. The number of hydrogen-bond acceptors (Lipinski definition) is 4. The summed E-state index contributed by atoms with van der Waals surface area (Å²) in [6, 6.07) is 3.97. The van der Waals surface area contributed by atoms with Crippen LogP contribution in [0.2, 0.25) is 0 Å². The van der Waals surface area contributed by atoms with Crippen molar-refractivity contribution in [2.24, 2.45) is 4.99 Å². The Morgan fingerprint density at radius 2 is 2.25 bits per heavy atom. The quantitative estimate of drug-likeness (QED) is 0.343. The van der Waals surface area contributed by atoms with Crippen LogP contribution in [0.15, 0.2) is 47.3 Å². The highest BCUT2D eigenvalue weighted by molar-refractivity contribution is 5.71. The molecule has 0 spiro atoms. The van der Waals surface area contributed by atoms with Gasteiger partial charge in [0.1, 0.15) is 23.6 Å². The maximum atomic E-state index is 13.6. The van der Waals surface area contributed by atoms with E-state index in [0.717, 1.165) is 6.07 Å². The number of allylic oxidation sites excluding steroid dienone is 2. The molecule has 1 aromatic carbocycles. The van der Waals surface area contributed by atoms with E-state index >= 15 is 0 Å².